The summed E-state index contributed by atoms with van der Waals surface area (Å²) in [6.07, 6.45) is 1.01. The number of benzene rings is 2. The van der Waals surface area contributed by atoms with E-state index in [-0.39, 0.29) is 0 Å². The van der Waals surface area contributed by atoms with Crippen LogP contribution in [0.4, 0.5) is 0 Å². The topological polar surface area (TPSA) is 21.3 Å². The van der Waals surface area contributed by atoms with Gasteiger partial charge in [0.1, 0.15) is 12.4 Å². The van der Waals surface area contributed by atoms with Gasteiger partial charge < -0.3 is 10.1 Å². The van der Waals surface area contributed by atoms with Gasteiger partial charge in [0.2, 0.25) is 0 Å². The van der Waals surface area contributed by atoms with E-state index in [9.17, 15) is 0 Å². The van der Waals surface area contributed by atoms with Gasteiger partial charge in [0.05, 0.1) is 15.1 Å². The van der Waals surface area contributed by atoms with Gasteiger partial charge in [-0.25, -0.2) is 0 Å². The number of halogens is 3. The molecule has 0 aromatic heterocycles. The summed E-state index contributed by atoms with van der Waals surface area (Å²) in [5.41, 5.74) is 2.37. The molecule has 21 heavy (non-hydrogen) atoms. The molecule has 0 aliphatic rings. The zero-order valence-corrected chi connectivity index (χ0v) is 13.9. The Balaban J connectivity index is 1.98. The average molecular weight is 345 g/mol. The van der Waals surface area contributed by atoms with E-state index in [2.05, 4.69) is 29.6 Å². The molecule has 2 aromatic rings. The highest BCUT2D eigenvalue weighted by Gasteiger charge is 2.07. The van der Waals surface area contributed by atoms with E-state index in [1.165, 1.54) is 5.56 Å². The van der Waals surface area contributed by atoms with Gasteiger partial charge in [0, 0.05) is 6.07 Å². The van der Waals surface area contributed by atoms with E-state index in [0.717, 1.165) is 18.5 Å². The van der Waals surface area contributed by atoms with Crippen LogP contribution in [0.25, 0.3) is 0 Å². The van der Waals surface area contributed by atoms with Gasteiger partial charge in [-0.05, 0) is 37.2 Å². The van der Waals surface area contributed by atoms with Gasteiger partial charge in [0.25, 0.3) is 0 Å². The summed E-state index contributed by atoms with van der Waals surface area (Å²) in [5, 5.41) is 4.43. The number of nitrogens with one attached hydrogen (secondary N) is 1. The lowest BCUT2D eigenvalue weighted by molar-refractivity contribution is 0.306. The minimum absolute atomic E-state index is 0.419. The van der Waals surface area contributed by atoms with Crippen LogP contribution < -0.4 is 10.1 Å². The number of ether oxygens (including phenoxy) is 1. The molecule has 0 radical (unpaired) electrons. The normalized spacial score (nSPS) is 10.7. The molecule has 0 aliphatic heterocycles. The van der Waals surface area contributed by atoms with Crippen LogP contribution in [0.2, 0.25) is 15.1 Å². The van der Waals surface area contributed by atoms with E-state index < -0.39 is 0 Å². The van der Waals surface area contributed by atoms with E-state index in [1.807, 2.05) is 7.05 Å². The summed E-state index contributed by atoms with van der Waals surface area (Å²) in [4.78, 5) is 0. The number of hydrogen-bond donors (Lipinski definition) is 1. The summed E-state index contributed by atoms with van der Waals surface area (Å²) in [6, 6.07) is 11.5. The highest BCUT2D eigenvalue weighted by Crippen LogP contribution is 2.34. The van der Waals surface area contributed by atoms with Crippen molar-refractivity contribution in [3.8, 4) is 5.75 Å². The lowest BCUT2D eigenvalue weighted by Gasteiger charge is -2.10. The molecule has 0 aliphatic carbocycles. The van der Waals surface area contributed by atoms with E-state index in [0.29, 0.717) is 27.4 Å². The van der Waals surface area contributed by atoms with Crippen molar-refractivity contribution in [2.75, 3.05) is 13.6 Å². The molecule has 2 nitrogen and oxygen atoms in total. The maximum Gasteiger partial charge on any atom is 0.139 e. The minimum Gasteiger partial charge on any atom is -0.487 e. The predicted molar refractivity (Wildman–Crippen MR) is 89.9 cm³/mol. The largest absolute Gasteiger partial charge is 0.487 e. The summed E-state index contributed by atoms with van der Waals surface area (Å²) in [5.74, 6) is 0.533. The molecule has 0 bridgehead atoms. The van der Waals surface area contributed by atoms with Gasteiger partial charge in [0.15, 0.2) is 0 Å². The fourth-order valence-corrected chi connectivity index (χ4v) is 2.44. The first-order chi connectivity index (χ1) is 10.1. The second-order valence-corrected chi connectivity index (χ2v) is 5.88. The minimum atomic E-state index is 0.419. The molecule has 5 heteroatoms. The summed E-state index contributed by atoms with van der Waals surface area (Å²) >= 11 is 17.9. The van der Waals surface area contributed by atoms with Gasteiger partial charge in [-0.15, -0.1) is 0 Å². The van der Waals surface area contributed by atoms with Crippen LogP contribution in [0, 0.1) is 0 Å². The Morgan fingerprint density at radius 2 is 1.52 bits per heavy atom. The van der Waals surface area contributed by atoms with Crippen LogP contribution in [-0.2, 0) is 13.0 Å². The highest BCUT2D eigenvalue weighted by molar-refractivity contribution is 6.43. The Labute approximate surface area is 140 Å². The molecular weight excluding hydrogens is 329 g/mol. The molecule has 2 rings (SSSR count). The first-order valence-corrected chi connectivity index (χ1v) is 7.73. The van der Waals surface area contributed by atoms with Crippen LogP contribution in [0.1, 0.15) is 11.1 Å². The second kappa shape index (κ2) is 7.90. The Morgan fingerprint density at radius 1 is 0.905 bits per heavy atom. The fraction of sp³-hybridized carbons (Fsp3) is 0.250. The van der Waals surface area contributed by atoms with Crippen molar-refractivity contribution in [3.63, 3.8) is 0 Å². The standard InChI is InChI=1S/C16H16Cl3NO/c1-20-7-6-11-2-4-12(5-3-11)10-21-16-9-14(18)13(17)8-15(16)19/h2-5,8-9,20H,6-7,10H2,1H3. The van der Waals surface area contributed by atoms with Crippen LogP contribution >= 0.6 is 34.8 Å². The summed E-state index contributed by atoms with van der Waals surface area (Å²) in [6.45, 7) is 1.40. The van der Waals surface area contributed by atoms with Crippen molar-refractivity contribution in [2.24, 2.45) is 0 Å². The van der Waals surface area contributed by atoms with E-state index in [4.69, 9.17) is 39.5 Å². The van der Waals surface area contributed by atoms with Crippen LogP contribution in [0.15, 0.2) is 36.4 Å². The number of rotatable bonds is 6. The van der Waals surface area contributed by atoms with Crippen molar-refractivity contribution in [2.45, 2.75) is 13.0 Å². The van der Waals surface area contributed by atoms with Gasteiger partial charge >= 0.3 is 0 Å². The van der Waals surface area contributed by atoms with Gasteiger partial charge in [-0.3, -0.25) is 0 Å². The third-order valence-electron chi connectivity index (χ3n) is 3.06. The van der Waals surface area contributed by atoms with E-state index >= 15 is 0 Å². The molecule has 2 aromatic carbocycles. The molecule has 1 N–H and O–H groups in total. The molecule has 0 saturated heterocycles. The quantitative estimate of drug-likeness (QED) is 0.746. The third-order valence-corrected chi connectivity index (χ3v) is 4.07. The maximum absolute atomic E-state index is 6.08. The van der Waals surface area contributed by atoms with Crippen LogP contribution in [0.5, 0.6) is 5.75 Å². The zero-order valence-electron chi connectivity index (χ0n) is 11.6. The molecule has 0 amide bonds. The first kappa shape index (κ1) is 16.4. The predicted octanol–water partition coefficient (Wildman–Crippen LogP) is 4.99. The lowest BCUT2D eigenvalue weighted by atomic mass is 10.1. The highest BCUT2D eigenvalue weighted by atomic mass is 35.5. The fourth-order valence-electron chi connectivity index (χ4n) is 1.85. The zero-order chi connectivity index (χ0) is 15.2. The maximum atomic E-state index is 6.08. The first-order valence-electron chi connectivity index (χ1n) is 6.60. The average Bonchev–Trinajstić information content (AvgIpc) is 2.48. The van der Waals surface area contributed by atoms with Gasteiger partial charge in [-0.1, -0.05) is 59.1 Å². The molecule has 0 fully saturated rings. The SMILES string of the molecule is CNCCc1ccc(COc2cc(Cl)c(Cl)cc2Cl)cc1. The number of hydrogen-bond acceptors (Lipinski definition) is 2. The Morgan fingerprint density at radius 3 is 2.19 bits per heavy atom. The molecule has 0 spiro atoms. The summed E-state index contributed by atoms with van der Waals surface area (Å²) in [7, 11) is 1.95. The smallest absolute Gasteiger partial charge is 0.139 e. The molecule has 0 atom stereocenters. The third kappa shape index (κ3) is 4.79. The van der Waals surface area contributed by atoms with Crippen molar-refractivity contribution < 1.29 is 4.74 Å². The Kier molecular flexibility index (Phi) is 6.19. The van der Waals surface area contributed by atoms with Crippen molar-refractivity contribution in [3.05, 3.63) is 62.6 Å². The molecule has 0 heterocycles. The molecule has 0 saturated carbocycles. The molecular formula is C16H16Cl3NO. The van der Waals surface area contributed by atoms with Gasteiger partial charge in [-0.2, -0.15) is 0 Å². The van der Waals surface area contributed by atoms with E-state index in [1.54, 1.807) is 12.1 Å². The molecule has 0 unspecified atom stereocenters. The molecule has 112 valence electrons. The Hall–Kier alpha value is -0.930. The monoisotopic (exact) mass is 343 g/mol. The van der Waals surface area contributed by atoms with Crippen molar-refractivity contribution in [1.82, 2.24) is 5.32 Å². The van der Waals surface area contributed by atoms with Crippen LogP contribution in [0.3, 0.4) is 0 Å². The lowest BCUT2D eigenvalue weighted by Crippen LogP contribution is -2.10. The summed E-state index contributed by atoms with van der Waals surface area (Å²) < 4.78 is 5.69. The van der Waals surface area contributed by atoms with Crippen LogP contribution in [-0.4, -0.2) is 13.6 Å². The van der Waals surface area contributed by atoms with Crippen molar-refractivity contribution >= 4 is 34.8 Å². The van der Waals surface area contributed by atoms with Crippen molar-refractivity contribution in [1.29, 1.82) is 0 Å². The second-order valence-electron chi connectivity index (χ2n) is 4.66. The number of likely N-dealkylation sites (N-methyl/N-ethyl adjacent to an activating group) is 1. The Bertz CT molecular complexity index is 599.